The number of carbonyl (C=O) groups is 1. The molecule has 3 nitrogen and oxygen atoms in total. The van der Waals surface area contributed by atoms with Crippen molar-refractivity contribution in [2.75, 3.05) is 6.61 Å². The number of carbonyl (C=O) groups excluding carboxylic acids is 1. The number of hydrogen-bond donors (Lipinski definition) is 1. The number of aromatic amines is 1. The Morgan fingerprint density at radius 2 is 2.25 bits per heavy atom. The van der Waals surface area contributed by atoms with Crippen molar-refractivity contribution < 1.29 is 13.9 Å². The van der Waals surface area contributed by atoms with Gasteiger partial charge in [0, 0.05) is 16.6 Å². The van der Waals surface area contributed by atoms with Gasteiger partial charge in [-0.3, -0.25) is 0 Å². The van der Waals surface area contributed by atoms with Gasteiger partial charge >= 0.3 is 5.97 Å². The summed E-state index contributed by atoms with van der Waals surface area (Å²) >= 11 is 0. The highest BCUT2D eigenvalue weighted by atomic mass is 19.1. The largest absolute Gasteiger partial charge is 0.462 e. The molecule has 1 aromatic carbocycles. The van der Waals surface area contributed by atoms with Crippen LogP contribution in [0, 0.1) is 12.7 Å². The first-order valence-electron chi connectivity index (χ1n) is 5.08. The second kappa shape index (κ2) is 3.96. The number of rotatable bonds is 2. The van der Waals surface area contributed by atoms with E-state index in [0.29, 0.717) is 28.8 Å². The Hall–Kier alpha value is -1.84. The van der Waals surface area contributed by atoms with E-state index in [1.807, 2.05) is 0 Å². The van der Waals surface area contributed by atoms with E-state index in [2.05, 4.69) is 4.98 Å². The molecule has 0 radical (unpaired) electrons. The number of aromatic nitrogens is 1. The molecular formula is C12H12FNO2. The molecule has 1 heterocycles. The van der Waals surface area contributed by atoms with Crippen LogP contribution in [0.25, 0.3) is 10.9 Å². The van der Waals surface area contributed by atoms with Gasteiger partial charge in [0.05, 0.1) is 12.2 Å². The van der Waals surface area contributed by atoms with Crippen molar-refractivity contribution in [3.05, 3.63) is 35.3 Å². The van der Waals surface area contributed by atoms with E-state index in [0.717, 1.165) is 0 Å². The fourth-order valence-electron chi connectivity index (χ4n) is 1.77. The number of H-pyrrole nitrogens is 1. The third kappa shape index (κ3) is 1.66. The molecular weight excluding hydrogens is 209 g/mol. The minimum atomic E-state index is -0.377. The summed E-state index contributed by atoms with van der Waals surface area (Å²) < 4.78 is 17.9. The minimum Gasteiger partial charge on any atom is -0.462 e. The molecule has 1 N–H and O–H groups in total. The van der Waals surface area contributed by atoms with Crippen LogP contribution in [0.15, 0.2) is 18.2 Å². The van der Waals surface area contributed by atoms with Crippen LogP contribution in [0.1, 0.15) is 23.0 Å². The van der Waals surface area contributed by atoms with Gasteiger partial charge < -0.3 is 9.72 Å². The van der Waals surface area contributed by atoms with E-state index in [1.165, 1.54) is 12.1 Å². The molecule has 0 aliphatic rings. The Morgan fingerprint density at radius 3 is 2.94 bits per heavy atom. The maximum absolute atomic E-state index is 13.0. The monoisotopic (exact) mass is 221 g/mol. The van der Waals surface area contributed by atoms with Crippen LogP contribution in [0.3, 0.4) is 0 Å². The van der Waals surface area contributed by atoms with Gasteiger partial charge in [-0.25, -0.2) is 9.18 Å². The Labute approximate surface area is 92.2 Å². The summed E-state index contributed by atoms with van der Waals surface area (Å²) in [6.45, 7) is 3.85. The first kappa shape index (κ1) is 10.7. The fraction of sp³-hybridized carbons (Fsp3) is 0.250. The summed E-state index contributed by atoms with van der Waals surface area (Å²) in [5.41, 5.74) is 1.79. The molecule has 0 aliphatic carbocycles. The van der Waals surface area contributed by atoms with Crippen LogP contribution < -0.4 is 0 Å². The molecule has 2 aromatic rings. The van der Waals surface area contributed by atoms with Gasteiger partial charge in [0.2, 0.25) is 0 Å². The smallest absolute Gasteiger partial charge is 0.340 e. The van der Waals surface area contributed by atoms with Crippen molar-refractivity contribution in [1.29, 1.82) is 0 Å². The standard InChI is InChI=1S/C12H12FNO2/c1-3-16-12(15)11-7(2)14-10-6-8(13)4-5-9(10)11/h4-6,14H,3H2,1-2H3. The molecule has 84 valence electrons. The maximum Gasteiger partial charge on any atom is 0.340 e. The number of ether oxygens (including phenoxy) is 1. The topological polar surface area (TPSA) is 42.1 Å². The Bertz CT molecular complexity index is 545. The van der Waals surface area contributed by atoms with Crippen molar-refractivity contribution in [3.63, 3.8) is 0 Å². The minimum absolute atomic E-state index is 0.326. The lowest BCUT2D eigenvalue weighted by molar-refractivity contribution is 0.0528. The Balaban J connectivity index is 2.60. The van der Waals surface area contributed by atoms with E-state index in [1.54, 1.807) is 19.9 Å². The SMILES string of the molecule is CCOC(=O)c1c(C)[nH]c2cc(F)ccc12. The lowest BCUT2D eigenvalue weighted by atomic mass is 10.1. The van der Waals surface area contributed by atoms with Crippen molar-refractivity contribution in [1.82, 2.24) is 4.98 Å². The number of esters is 1. The van der Waals surface area contributed by atoms with Gasteiger partial charge in [-0.1, -0.05) is 0 Å². The zero-order valence-electron chi connectivity index (χ0n) is 9.13. The van der Waals surface area contributed by atoms with Gasteiger partial charge in [0.15, 0.2) is 0 Å². The highest BCUT2D eigenvalue weighted by Gasteiger charge is 2.16. The lowest BCUT2D eigenvalue weighted by Gasteiger charge is -2.01. The zero-order chi connectivity index (χ0) is 11.7. The van der Waals surface area contributed by atoms with Gasteiger partial charge in [-0.05, 0) is 32.0 Å². The van der Waals surface area contributed by atoms with Crippen LogP contribution in [0.4, 0.5) is 4.39 Å². The molecule has 0 saturated carbocycles. The Morgan fingerprint density at radius 1 is 1.50 bits per heavy atom. The molecule has 0 bridgehead atoms. The molecule has 0 aliphatic heterocycles. The molecule has 0 atom stereocenters. The highest BCUT2D eigenvalue weighted by Crippen LogP contribution is 2.23. The molecule has 1 aromatic heterocycles. The summed E-state index contributed by atoms with van der Waals surface area (Å²) in [7, 11) is 0. The number of nitrogens with one attached hydrogen (secondary N) is 1. The van der Waals surface area contributed by atoms with E-state index < -0.39 is 0 Å². The summed E-state index contributed by atoms with van der Waals surface area (Å²) in [4.78, 5) is 14.7. The quantitative estimate of drug-likeness (QED) is 0.792. The van der Waals surface area contributed by atoms with E-state index in [-0.39, 0.29) is 11.8 Å². The second-order valence-corrected chi connectivity index (χ2v) is 3.54. The molecule has 16 heavy (non-hydrogen) atoms. The van der Waals surface area contributed by atoms with Crippen LogP contribution >= 0.6 is 0 Å². The summed E-state index contributed by atoms with van der Waals surface area (Å²) in [5.74, 6) is -0.706. The lowest BCUT2D eigenvalue weighted by Crippen LogP contribution is -2.05. The van der Waals surface area contributed by atoms with Gasteiger partial charge in [-0.15, -0.1) is 0 Å². The number of hydrogen-bond acceptors (Lipinski definition) is 2. The highest BCUT2D eigenvalue weighted by molar-refractivity contribution is 6.05. The van der Waals surface area contributed by atoms with E-state index in [4.69, 9.17) is 4.74 Å². The summed E-state index contributed by atoms with van der Waals surface area (Å²) in [6, 6.07) is 4.28. The van der Waals surface area contributed by atoms with Gasteiger partial charge in [0.25, 0.3) is 0 Å². The molecule has 0 amide bonds. The summed E-state index contributed by atoms with van der Waals surface area (Å²) in [6.07, 6.45) is 0. The maximum atomic E-state index is 13.0. The molecule has 0 fully saturated rings. The summed E-state index contributed by atoms with van der Waals surface area (Å²) in [5, 5.41) is 0.692. The molecule has 4 heteroatoms. The average molecular weight is 221 g/mol. The van der Waals surface area contributed by atoms with Crippen molar-refractivity contribution in [2.45, 2.75) is 13.8 Å². The molecule has 0 spiro atoms. The predicted octanol–water partition coefficient (Wildman–Crippen LogP) is 2.79. The van der Waals surface area contributed by atoms with Crippen LogP contribution in [0.5, 0.6) is 0 Å². The van der Waals surface area contributed by atoms with Crippen molar-refractivity contribution in [3.8, 4) is 0 Å². The van der Waals surface area contributed by atoms with Crippen LogP contribution in [-0.4, -0.2) is 17.6 Å². The van der Waals surface area contributed by atoms with Gasteiger partial charge in [-0.2, -0.15) is 0 Å². The first-order chi connectivity index (χ1) is 7.63. The zero-order valence-corrected chi connectivity index (χ0v) is 9.13. The number of aryl methyl sites for hydroxylation is 1. The predicted molar refractivity (Wildman–Crippen MR) is 59.0 cm³/mol. The number of halogens is 1. The second-order valence-electron chi connectivity index (χ2n) is 3.54. The van der Waals surface area contributed by atoms with Crippen LogP contribution in [0.2, 0.25) is 0 Å². The fourth-order valence-corrected chi connectivity index (χ4v) is 1.77. The van der Waals surface area contributed by atoms with E-state index >= 15 is 0 Å². The third-order valence-electron chi connectivity index (χ3n) is 2.43. The van der Waals surface area contributed by atoms with Crippen molar-refractivity contribution >= 4 is 16.9 Å². The normalized spacial score (nSPS) is 10.7. The van der Waals surface area contributed by atoms with Crippen molar-refractivity contribution in [2.24, 2.45) is 0 Å². The third-order valence-corrected chi connectivity index (χ3v) is 2.43. The molecule has 0 saturated heterocycles. The number of fused-ring (bicyclic) bond motifs is 1. The number of benzene rings is 1. The first-order valence-corrected chi connectivity index (χ1v) is 5.08. The average Bonchev–Trinajstić information content (AvgIpc) is 2.53. The molecule has 2 rings (SSSR count). The van der Waals surface area contributed by atoms with E-state index in [9.17, 15) is 9.18 Å². The van der Waals surface area contributed by atoms with Crippen LogP contribution in [-0.2, 0) is 4.74 Å². The Kier molecular flexibility index (Phi) is 2.64. The molecule has 0 unspecified atom stereocenters. The van der Waals surface area contributed by atoms with Gasteiger partial charge in [0.1, 0.15) is 5.82 Å².